The Bertz CT molecular complexity index is 688. The van der Waals surface area contributed by atoms with E-state index in [-0.39, 0.29) is 6.03 Å². The molecule has 0 saturated carbocycles. The first-order valence-electron chi connectivity index (χ1n) is 8.40. The molecule has 2 aromatic rings. The summed E-state index contributed by atoms with van der Waals surface area (Å²) in [6, 6.07) is 15.5. The zero-order chi connectivity index (χ0) is 18.1. The van der Waals surface area contributed by atoms with Crippen molar-refractivity contribution in [3.63, 3.8) is 0 Å². The third-order valence-corrected chi connectivity index (χ3v) is 3.80. The number of ether oxygens (including phenoxy) is 2. The zero-order valence-corrected chi connectivity index (χ0v) is 15.1. The highest BCUT2D eigenvalue weighted by atomic mass is 16.5. The molecule has 2 aromatic carbocycles. The van der Waals surface area contributed by atoms with Gasteiger partial charge in [-0.3, -0.25) is 0 Å². The molecule has 0 aliphatic carbocycles. The monoisotopic (exact) mass is 342 g/mol. The average Bonchev–Trinajstić information content (AvgIpc) is 2.61. The van der Waals surface area contributed by atoms with E-state index in [1.807, 2.05) is 55.5 Å². The van der Waals surface area contributed by atoms with Crippen molar-refractivity contribution in [2.75, 3.05) is 27.3 Å². The minimum Gasteiger partial charge on any atom is -0.496 e. The molecule has 1 N–H and O–H groups in total. The second-order valence-corrected chi connectivity index (χ2v) is 5.92. The van der Waals surface area contributed by atoms with Crippen LogP contribution in [0.2, 0.25) is 0 Å². The summed E-state index contributed by atoms with van der Waals surface area (Å²) in [5.41, 5.74) is 2.15. The number of nitrogens with zero attached hydrogens (tertiary/aromatic N) is 1. The van der Waals surface area contributed by atoms with E-state index < -0.39 is 0 Å². The highest BCUT2D eigenvalue weighted by Gasteiger charge is 2.11. The van der Waals surface area contributed by atoms with Crippen LogP contribution in [0.4, 0.5) is 4.79 Å². The molecule has 5 heteroatoms. The fraction of sp³-hybridized carbons (Fsp3) is 0.350. The maximum atomic E-state index is 12.2. The van der Waals surface area contributed by atoms with E-state index in [0.29, 0.717) is 19.7 Å². The maximum absolute atomic E-state index is 12.2. The predicted molar refractivity (Wildman–Crippen MR) is 99.2 cm³/mol. The number of hydrogen-bond acceptors (Lipinski definition) is 3. The maximum Gasteiger partial charge on any atom is 0.317 e. The van der Waals surface area contributed by atoms with Gasteiger partial charge in [-0.05, 0) is 37.1 Å². The predicted octanol–water partition coefficient (Wildman–Crippen LogP) is 3.61. The summed E-state index contributed by atoms with van der Waals surface area (Å²) in [6.45, 7) is 3.67. The first-order chi connectivity index (χ1) is 12.1. The van der Waals surface area contributed by atoms with Crippen molar-refractivity contribution in [3.8, 4) is 11.5 Å². The van der Waals surface area contributed by atoms with Gasteiger partial charge < -0.3 is 19.7 Å². The second kappa shape index (κ2) is 9.57. The van der Waals surface area contributed by atoms with Crippen LogP contribution in [0.1, 0.15) is 17.5 Å². The van der Waals surface area contributed by atoms with Crippen molar-refractivity contribution >= 4 is 6.03 Å². The lowest BCUT2D eigenvalue weighted by atomic mass is 10.2. The first kappa shape index (κ1) is 18.6. The summed E-state index contributed by atoms with van der Waals surface area (Å²) in [5.74, 6) is 1.65. The van der Waals surface area contributed by atoms with E-state index in [1.165, 1.54) is 5.56 Å². The largest absolute Gasteiger partial charge is 0.496 e. The number of amides is 2. The van der Waals surface area contributed by atoms with Gasteiger partial charge in [-0.1, -0.05) is 30.3 Å². The Balaban J connectivity index is 1.69. The number of para-hydroxylation sites is 1. The minimum atomic E-state index is -0.110. The number of methoxy groups -OCH3 is 1. The van der Waals surface area contributed by atoms with Gasteiger partial charge in [-0.2, -0.15) is 0 Å². The molecule has 0 heterocycles. The van der Waals surface area contributed by atoms with Crippen LogP contribution in [-0.2, 0) is 6.54 Å². The van der Waals surface area contributed by atoms with Crippen molar-refractivity contribution in [1.29, 1.82) is 0 Å². The summed E-state index contributed by atoms with van der Waals surface area (Å²) in [7, 11) is 3.40. The summed E-state index contributed by atoms with van der Waals surface area (Å²) < 4.78 is 11.0. The lowest BCUT2D eigenvalue weighted by Gasteiger charge is -2.19. The molecule has 0 aliphatic heterocycles. The van der Waals surface area contributed by atoms with Gasteiger partial charge in [0, 0.05) is 19.2 Å². The molecular weight excluding hydrogens is 316 g/mol. The van der Waals surface area contributed by atoms with Crippen molar-refractivity contribution in [1.82, 2.24) is 10.2 Å². The van der Waals surface area contributed by atoms with E-state index in [2.05, 4.69) is 5.32 Å². The number of carbonyl (C=O) groups excluding carboxylic acids is 1. The third kappa shape index (κ3) is 6.03. The Hall–Kier alpha value is -2.69. The molecule has 2 amide bonds. The van der Waals surface area contributed by atoms with Gasteiger partial charge >= 0.3 is 6.03 Å². The molecule has 0 spiro atoms. The van der Waals surface area contributed by atoms with E-state index >= 15 is 0 Å². The fourth-order valence-corrected chi connectivity index (χ4v) is 2.46. The van der Waals surface area contributed by atoms with E-state index in [4.69, 9.17) is 9.47 Å². The van der Waals surface area contributed by atoms with Crippen LogP contribution in [0.3, 0.4) is 0 Å². The van der Waals surface area contributed by atoms with Crippen LogP contribution >= 0.6 is 0 Å². The van der Waals surface area contributed by atoms with Crippen LogP contribution in [-0.4, -0.2) is 38.2 Å². The molecule has 0 aliphatic rings. The molecule has 0 bridgehead atoms. The molecule has 0 radical (unpaired) electrons. The van der Waals surface area contributed by atoms with E-state index in [9.17, 15) is 4.79 Å². The van der Waals surface area contributed by atoms with Crippen LogP contribution in [0.25, 0.3) is 0 Å². The number of nitrogens with one attached hydrogen (secondary N) is 1. The Kier molecular flexibility index (Phi) is 7.14. The van der Waals surface area contributed by atoms with Gasteiger partial charge in [0.25, 0.3) is 0 Å². The standard InChI is InChI=1S/C20H26N2O3/c1-16-8-6-10-18(14-16)25-13-7-12-21-20(23)22(2)15-17-9-4-5-11-19(17)24-3/h4-6,8-11,14H,7,12-13,15H2,1-3H3,(H,21,23). The van der Waals surface area contributed by atoms with Gasteiger partial charge in [0.2, 0.25) is 0 Å². The lowest BCUT2D eigenvalue weighted by molar-refractivity contribution is 0.205. The topological polar surface area (TPSA) is 50.8 Å². The Labute approximate surface area is 149 Å². The zero-order valence-electron chi connectivity index (χ0n) is 15.1. The Morgan fingerprint density at radius 3 is 2.72 bits per heavy atom. The molecule has 0 aromatic heterocycles. The average molecular weight is 342 g/mol. The summed E-state index contributed by atoms with van der Waals surface area (Å²) in [5, 5.41) is 2.90. The smallest absolute Gasteiger partial charge is 0.317 e. The molecule has 134 valence electrons. The number of benzene rings is 2. The SMILES string of the molecule is COc1ccccc1CN(C)C(=O)NCCCOc1cccc(C)c1. The summed E-state index contributed by atoms with van der Waals surface area (Å²) in [4.78, 5) is 13.8. The third-order valence-electron chi connectivity index (χ3n) is 3.80. The van der Waals surface area contributed by atoms with Gasteiger partial charge in [-0.15, -0.1) is 0 Å². The summed E-state index contributed by atoms with van der Waals surface area (Å²) >= 11 is 0. The number of aryl methyl sites for hydroxylation is 1. The number of rotatable bonds is 8. The van der Waals surface area contributed by atoms with Gasteiger partial charge in [0.05, 0.1) is 20.3 Å². The van der Waals surface area contributed by atoms with Crippen molar-refractivity contribution in [3.05, 3.63) is 59.7 Å². The van der Waals surface area contributed by atoms with E-state index in [0.717, 1.165) is 23.5 Å². The van der Waals surface area contributed by atoms with Gasteiger partial charge in [-0.25, -0.2) is 4.79 Å². The van der Waals surface area contributed by atoms with Crippen LogP contribution in [0, 0.1) is 6.92 Å². The molecule has 0 atom stereocenters. The molecule has 2 rings (SSSR count). The van der Waals surface area contributed by atoms with Gasteiger partial charge in [0.15, 0.2) is 0 Å². The normalized spacial score (nSPS) is 10.2. The number of carbonyl (C=O) groups is 1. The highest BCUT2D eigenvalue weighted by molar-refractivity contribution is 5.73. The van der Waals surface area contributed by atoms with Crippen LogP contribution in [0.5, 0.6) is 11.5 Å². The molecular formula is C20H26N2O3. The van der Waals surface area contributed by atoms with Crippen molar-refractivity contribution in [2.24, 2.45) is 0 Å². The quantitative estimate of drug-likeness (QED) is 0.746. The molecule has 25 heavy (non-hydrogen) atoms. The minimum absolute atomic E-state index is 0.110. The van der Waals surface area contributed by atoms with Crippen molar-refractivity contribution in [2.45, 2.75) is 19.9 Å². The van der Waals surface area contributed by atoms with Gasteiger partial charge in [0.1, 0.15) is 11.5 Å². The molecule has 0 unspecified atom stereocenters. The fourth-order valence-electron chi connectivity index (χ4n) is 2.46. The molecule has 0 saturated heterocycles. The van der Waals surface area contributed by atoms with Crippen LogP contribution in [0.15, 0.2) is 48.5 Å². The van der Waals surface area contributed by atoms with Crippen molar-refractivity contribution < 1.29 is 14.3 Å². The Morgan fingerprint density at radius 2 is 1.96 bits per heavy atom. The Morgan fingerprint density at radius 1 is 1.16 bits per heavy atom. The molecule has 0 fully saturated rings. The highest BCUT2D eigenvalue weighted by Crippen LogP contribution is 2.18. The van der Waals surface area contributed by atoms with Crippen LogP contribution < -0.4 is 14.8 Å². The first-order valence-corrected chi connectivity index (χ1v) is 8.40. The lowest BCUT2D eigenvalue weighted by Crippen LogP contribution is -2.37. The second-order valence-electron chi connectivity index (χ2n) is 5.92. The van der Waals surface area contributed by atoms with E-state index in [1.54, 1.807) is 19.1 Å². The summed E-state index contributed by atoms with van der Waals surface area (Å²) in [6.07, 6.45) is 0.752. The molecule has 5 nitrogen and oxygen atoms in total. The number of urea groups is 1. The number of hydrogen-bond donors (Lipinski definition) is 1.